The zero-order valence-electron chi connectivity index (χ0n) is 15.3. The molecule has 2 N–H and O–H groups in total. The number of halogens is 2. The minimum Gasteiger partial charge on any atom is -0.483 e. The van der Waals surface area contributed by atoms with Gasteiger partial charge in [0.15, 0.2) is 6.61 Å². The average Bonchev–Trinajstić information content (AvgIpc) is 3.08. The quantitative estimate of drug-likeness (QED) is 0.513. The molecule has 29 heavy (non-hydrogen) atoms. The Morgan fingerprint density at radius 3 is 2.62 bits per heavy atom. The second kappa shape index (κ2) is 7.93. The van der Waals surface area contributed by atoms with Gasteiger partial charge in [-0.2, -0.15) is 0 Å². The van der Waals surface area contributed by atoms with Crippen LogP contribution < -0.4 is 10.5 Å². The van der Waals surface area contributed by atoms with Gasteiger partial charge in [-0.25, -0.2) is 9.37 Å². The second-order valence-electron chi connectivity index (χ2n) is 6.46. The highest BCUT2D eigenvalue weighted by Crippen LogP contribution is 2.33. The number of hydrogen-bond donors (Lipinski definition) is 1. The number of carbonyl (C=O) groups is 1. The van der Waals surface area contributed by atoms with Gasteiger partial charge in [-0.3, -0.25) is 4.79 Å². The van der Waals surface area contributed by atoms with E-state index in [4.69, 9.17) is 27.1 Å². The molecule has 3 aromatic carbocycles. The number of nitrogens with two attached hydrogens (primary N) is 1. The molecule has 0 fully saturated rings. The van der Waals surface area contributed by atoms with Gasteiger partial charge in [0.05, 0.1) is 23.1 Å². The Kier molecular flexibility index (Phi) is 5.18. The topological polar surface area (TPSA) is 70.1 Å². The molecule has 146 valence electrons. The number of carbonyl (C=O) groups excluding carboxylic acids is 1. The van der Waals surface area contributed by atoms with Crippen LogP contribution in [0.15, 0.2) is 66.7 Å². The van der Waals surface area contributed by atoms with Crippen molar-refractivity contribution in [3.8, 4) is 17.1 Å². The first kappa shape index (κ1) is 19.0. The Morgan fingerprint density at radius 1 is 1.07 bits per heavy atom. The van der Waals surface area contributed by atoms with Gasteiger partial charge in [-0.1, -0.05) is 41.9 Å². The largest absolute Gasteiger partial charge is 0.483 e. The van der Waals surface area contributed by atoms with E-state index < -0.39 is 5.91 Å². The van der Waals surface area contributed by atoms with Crippen LogP contribution in [-0.4, -0.2) is 22.1 Å². The van der Waals surface area contributed by atoms with Gasteiger partial charge in [-0.15, -0.1) is 0 Å². The van der Waals surface area contributed by atoms with Crippen molar-refractivity contribution in [3.63, 3.8) is 0 Å². The number of hydrogen-bond acceptors (Lipinski definition) is 3. The van der Waals surface area contributed by atoms with E-state index in [2.05, 4.69) is 0 Å². The number of rotatable bonds is 6. The summed E-state index contributed by atoms with van der Waals surface area (Å²) >= 11 is 6.26. The van der Waals surface area contributed by atoms with Crippen molar-refractivity contribution < 1.29 is 13.9 Å². The van der Waals surface area contributed by atoms with Crippen LogP contribution in [0.2, 0.25) is 5.02 Å². The summed E-state index contributed by atoms with van der Waals surface area (Å²) in [5.74, 6) is 0.0685. The fourth-order valence-electron chi connectivity index (χ4n) is 3.21. The molecule has 4 rings (SSSR count). The minimum absolute atomic E-state index is 0.186. The van der Waals surface area contributed by atoms with Crippen LogP contribution in [-0.2, 0) is 11.3 Å². The first-order valence-electron chi connectivity index (χ1n) is 8.93. The van der Waals surface area contributed by atoms with E-state index in [1.54, 1.807) is 24.3 Å². The Balaban J connectivity index is 1.88. The molecule has 0 unspecified atom stereocenters. The van der Waals surface area contributed by atoms with Crippen LogP contribution in [0, 0.1) is 5.82 Å². The highest BCUT2D eigenvalue weighted by atomic mass is 35.5. The van der Waals surface area contributed by atoms with Crippen molar-refractivity contribution in [2.24, 2.45) is 5.73 Å². The number of nitrogens with zero attached hydrogens (tertiary/aromatic N) is 2. The van der Waals surface area contributed by atoms with Crippen molar-refractivity contribution in [1.29, 1.82) is 0 Å². The molecular formula is C22H17ClFN3O2. The van der Waals surface area contributed by atoms with Gasteiger partial charge < -0.3 is 15.0 Å². The summed E-state index contributed by atoms with van der Waals surface area (Å²) < 4.78 is 21.9. The summed E-state index contributed by atoms with van der Waals surface area (Å²) in [6.45, 7) is -0.0676. The maximum atomic E-state index is 14.5. The van der Waals surface area contributed by atoms with Crippen LogP contribution in [0.3, 0.4) is 0 Å². The van der Waals surface area contributed by atoms with E-state index in [0.29, 0.717) is 27.7 Å². The van der Waals surface area contributed by atoms with Gasteiger partial charge in [0.1, 0.15) is 17.4 Å². The van der Waals surface area contributed by atoms with Gasteiger partial charge in [0, 0.05) is 10.6 Å². The van der Waals surface area contributed by atoms with Gasteiger partial charge in [0.2, 0.25) is 0 Å². The standard InChI is InChI=1S/C22H17ClFN3O2/c23-16-7-5-8-17(24)15(16)12-27-19-10-3-2-9-18(19)26-22(27)14-6-1-4-11-20(14)29-13-21(25)28/h1-11H,12-13H2,(H2,25,28). The normalized spacial score (nSPS) is 11.0. The molecular weight excluding hydrogens is 393 g/mol. The molecule has 0 spiro atoms. The summed E-state index contributed by atoms with van der Waals surface area (Å²) in [6.07, 6.45) is 0. The zero-order valence-corrected chi connectivity index (χ0v) is 16.1. The molecule has 0 saturated carbocycles. The predicted molar refractivity (Wildman–Crippen MR) is 110 cm³/mol. The summed E-state index contributed by atoms with van der Waals surface area (Å²) in [6, 6.07) is 19.4. The monoisotopic (exact) mass is 409 g/mol. The van der Waals surface area contributed by atoms with Crippen LogP contribution in [0.5, 0.6) is 5.75 Å². The van der Waals surface area contributed by atoms with E-state index >= 15 is 0 Å². The third-order valence-corrected chi connectivity index (χ3v) is 4.88. The van der Waals surface area contributed by atoms with Gasteiger partial charge in [-0.05, 0) is 36.4 Å². The molecule has 0 aliphatic heterocycles. The summed E-state index contributed by atoms with van der Waals surface area (Å²) in [4.78, 5) is 15.9. The van der Waals surface area contributed by atoms with E-state index in [1.807, 2.05) is 41.0 Å². The fourth-order valence-corrected chi connectivity index (χ4v) is 3.43. The highest BCUT2D eigenvalue weighted by Gasteiger charge is 2.18. The van der Waals surface area contributed by atoms with Gasteiger partial charge in [0.25, 0.3) is 5.91 Å². The minimum atomic E-state index is -0.577. The summed E-state index contributed by atoms with van der Waals surface area (Å²) in [5, 5.41) is 0.340. The maximum absolute atomic E-state index is 14.5. The van der Waals surface area contributed by atoms with E-state index in [9.17, 15) is 9.18 Å². The van der Waals surface area contributed by atoms with Crippen molar-refractivity contribution in [3.05, 3.63) is 83.1 Å². The van der Waals surface area contributed by atoms with Crippen molar-refractivity contribution in [1.82, 2.24) is 9.55 Å². The average molecular weight is 410 g/mol. The molecule has 1 amide bonds. The summed E-state index contributed by atoms with van der Waals surface area (Å²) in [7, 11) is 0. The molecule has 5 nitrogen and oxygen atoms in total. The Hall–Kier alpha value is -3.38. The molecule has 7 heteroatoms. The highest BCUT2D eigenvalue weighted by molar-refractivity contribution is 6.31. The van der Waals surface area contributed by atoms with Gasteiger partial charge >= 0.3 is 0 Å². The third kappa shape index (κ3) is 3.79. The predicted octanol–water partition coefficient (Wildman–Crippen LogP) is 4.41. The molecule has 1 aromatic heterocycles. The molecule has 4 aromatic rings. The molecule has 0 saturated heterocycles. The number of benzene rings is 3. The lowest BCUT2D eigenvalue weighted by Crippen LogP contribution is -2.20. The Labute approximate surface area is 171 Å². The number of para-hydroxylation sites is 3. The van der Waals surface area contributed by atoms with Crippen molar-refractivity contribution in [2.75, 3.05) is 6.61 Å². The van der Waals surface area contributed by atoms with Crippen molar-refractivity contribution >= 4 is 28.5 Å². The number of fused-ring (bicyclic) bond motifs is 1. The Morgan fingerprint density at radius 2 is 1.83 bits per heavy atom. The van der Waals surface area contributed by atoms with Crippen LogP contribution in [0.1, 0.15) is 5.56 Å². The number of aromatic nitrogens is 2. The lowest BCUT2D eigenvalue weighted by Gasteiger charge is -2.14. The smallest absolute Gasteiger partial charge is 0.255 e. The molecule has 0 atom stereocenters. The SMILES string of the molecule is NC(=O)COc1ccccc1-c1nc2ccccc2n1Cc1c(F)cccc1Cl. The maximum Gasteiger partial charge on any atom is 0.255 e. The fraction of sp³-hybridized carbons (Fsp3) is 0.0909. The number of amides is 1. The van der Waals surface area contributed by atoms with E-state index in [0.717, 1.165) is 11.0 Å². The zero-order chi connectivity index (χ0) is 20.4. The number of ether oxygens (including phenoxy) is 1. The lowest BCUT2D eigenvalue weighted by molar-refractivity contribution is -0.119. The lowest BCUT2D eigenvalue weighted by atomic mass is 10.1. The first-order valence-corrected chi connectivity index (χ1v) is 9.31. The Bertz CT molecular complexity index is 1190. The molecule has 0 aliphatic rings. The molecule has 0 aliphatic carbocycles. The molecule has 0 radical (unpaired) electrons. The number of imidazole rings is 1. The van der Waals surface area contributed by atoms with Crippen molar-refractivity contribution in [2.45, 2.75) is 6.54 Å². The van der Waals surface area contributed by atoms with E-state index in [-0.39, 0.29) is 19.0 Å². The molecule has 0 bridgehead atoms. The third-order valence-electron chi connectivity index (χ3n) is 4.53. The van der Waals surface area contributed by atoms with E-state index in [1.165, 1.54) is 6.07 Å². The summed E-state index contributed by atoms with van der Waals surface area (Å²) in [5.41, 5.74) is 7.82. The van der Waals surface area contributed by atoms with Crippen LogP contribution >= 0.6 is 11.6 Å². The first-order chi connectivity index (χ1) is 14.0. The van der Waals surface area contributed by atoms with Crippen LogP contribution in [0.4, 0.5) is 4.39 Å². The van der Waals surface area contributed by atoms with Crippen LogP contribution in [0.25, 0.3) is 22.4 Å². The second-order valence-corrected chi connectivity index (χ2v) is 6.87. The number of primary amides is 1. The molecule has 1 heterocycles.